The van der Waals surface area contributed by atoms with Gasteiger partial charge in [-0.15, -0.1) is 0 Å². The molecule has 2 fully saturated rings. The average molecular weight is 392 g/mol. The highest BCUT2D eigenvalue weighted by atomic mass is 19.1. The first-order chi connectivity index (χ1) is 13.7. The van der Waals surface area contributed by atoms with Gasteiger partial charge in [0.2, 0.25) is 0 Å². The third kappa shape index (κ3) is 6.17. The lowest BCUT2D eigenvalue weighted by Crippen LogP contribution is -2.47. The first-order valence-electron chi connectivity index (χ1n) is 10.7. The van der Waals surface area contributed by atoms with Crippen molar-refractivity contribution in [3.8, 4) is 0 Å². The molecule has 5 nitrogen and oxygen atoms in total. The Bertz CT molecular complexity index is 639. The number of hydrogen-bond donors (Lipinski definition) is 1. The molecule has 1 aromatic carbocycles. The lowest BCUT2D eigenvalue weighted by Gasteiger charge is -2.35. The smallest absolute Gasteiger partial charge is 0.194 e. The van der Waals surface area contributed by atoms with Gasteiger partial charge in [-0.25, -0.2) is 9.38 Å². The maximum atomic E-state index is 13.5. The van der Waals surface area contributed by atoms with Gasteiger partial charge in [0.05, 0.1) is 25.4 Å². The molecule has 2 saturated heterocycles. The number of guanidine groups is 1. The molecule has 156 valence electrons. The lowest BCUT2D eigenvalue weighted by molar-refractivity contribution is -0.0721. The number of hydrogen-bond acceptors (Lipinski definition) is 3. The van der Waals surface area contributed by atoms with Crippen LogP contribution in [-0.2, 0) is 16.0 Å². The van der Waals surface area contributed by atoms with Crippen molar-refractivity contribution in [2.75, 3.05) is 32.8 Å². The van der Waals surface area contributed by atoms with Crippen molar-refractivity contribution in [3.05, 3.63) is 35.1 Å². The van der Waals surface area contributed by atoms with Crippen molar-refractivity contribution in [2.24, 2.45) is 4.99 Å². The first kappa shape index (κ1) is 21.1. The van der Waals surface area contributed by atoms with E-state index in [2.05, 4.69) is 17.1 Å². The second kappa shape index (κ2) is 10.8. The molecule has 0 aliphatic carbocycles. The summed E-state index contributed by atoms with van der Waals surface area (Å²) in [4.78, 5) is 7.07. The predicted octanol–water partition coefficient (Wildman–Crippen LogP) is 3.65. The van der Waals surface area contributed by atoms with Crippen LogP contribution in [0, 0.1) is 12.7 Å². The van der Waals surface area contributed by atoms with Gasteiger partial charge in [0.25, 0.3) is 0 Å². The Balaban J connectivity index is 1.48. The molecule has 1 aromatic rings. The van der Waals surface area contributed by atoms with Crippen molar-refractivity contribution in [3.63, 3.8) is 0 Å². The highest BCUT2D eigenvalue weighted by Crippen LogP contribution is 2.18. The fourth-order valence-electron chi connectivity index (χ4n) is 3.81. The van der Waals surface area contributed by atoms with E-state index >= 15 is 0 Å². The second-order valence-corrected chi connectivity index (χ2v) is 7.76. The molecule has 0 aromatic heterocycles. The van der Waals surface area contributed by atoms with Crippen molar-refractivity contribution < 1.29 is 13.9 Å². The van der Waals surface area contributed by atoms with Crippen LogP contribution in [-0.4, -0.2) is 55.9 Å². The maximum Gasteiger partial charge on any atom is 0.194 e. The summed E-state index contributed by atoms with van der Waals surface area (Å²) in [7, 11) is 0. The van der Waals surface area contributed by atoms with Crippen LogP contribution in [0.4, 0.5) is 4.39 Å². The summed E-state index contributed by atoms with van der Waals surface area (Å²) >= 11 is 0. The zero-order valence-corrected chi connectivity index (χ0v) is 17.3. The van der Waals surface area contributed by atoms with Gasteiger partial charge in [-0.2, -0.15) is 0 Å². The van der Waals surface area contributed by atoms with Crippen molar-refractivity contribution in [2.45, 2.75) is 64.7 Å². The van der Waals surface area contributed by atoms with E-state index in [1.54, 1.807) is 6.92 Å². The van der Waals surface area contributed by atoms with E-state index in [1.807, 2.05) is 12.1 Å². The Labute approximate surface area is 168 Å². The average Bonchev–Trinajstić information content (AvgIpc) is 2.73. The van der Waals surface area contributed by atoms with E-state index < -0.39 is 0 Å². The molecule has 3 rings (SSSR count). The van der Waals surface area contributed by atoms with Crippen molar-refractivity contribution in [1.29, 1.82) is 0 Å². The van der Waals surface area contributed by atoms with E-state index in [0.717, 1.165) is 63.6 Å². The summed E-state index contributed by atoms with van der Waals surface area (Å²) in [5.41, 5.74) is 1.69. The number of aryl methyl sites for hydroxylation is 1. The Hall–Kier alpha value is -1.66. The van der Waals surface area contributed by atoms with Crippen LogP contribution in [0.2, 0.25) is 0 Å². The zero-order valence-electron chi connectivity index (χ0n) is 17.3. The molecule has 0 radical (unpaired) electrons. The van der Waals surface area contributed by atoms with Crippen LogP contribution in [0.15, 0.2) is 23.2 Å². The van der Waals surface area contributed by atoms with Gasteiger partial charge in [-0.3, -0.25) is 0 Å². The third-order valence-electron chi connectivity index (χ3n) is 5.50. The second-order valence-electron chi connectivity index (χ2n) is 7.76. The Morgan fingerprint density at radius 2 is 2.11 bits per heavy atom. The SMILES string of the molecule is CCNC(=NCc1ccc(F)c(C)c1)N1CCC(OCC2CCCCO2)CC1. The van der Waals surface area contributed by atoms with Gasteiger partial charge < -0.3 is 19.7 Å². The molecule has 2 heterocycles. The predicted molar refractivity (Wildman–Crippen MR) is 110 cm³/mol. The normalized spacial score (nSPS) is 21.8. The number of ether oxygens (including phenoxy) is 2. The minimum Gasteiger partial charge on any atom is -0.376 e. The quantitative estimate of drug-likeness (QED) is 0.594. The van der Waals surface area contributed by atoms with E-state index in [4.69, 9.17) is 14.5 Å². The molecule has 1 unspecified atom stereocenters. The third-order valence-corrected chi connectivity index (χ3v) is 5.50. The fourth-order valence-corrected chi connectivity index (χ4v) is 3.81. The van der Waals surface area contributed by atoms with Crippen LogP contribution >= 0.6 is 0 Å². The summed E-state index contributed by atoms with van der Waals surface area (Å²) in [6.45, 7) is 8.73. The Kier molecular flexibility index (Phi) is 8.10. The highest BCUT2D eigenvalue weighted by Gasteiger charge is 2.23. The molecular weight excluding hydrogens is 357 g/mol. The van der Waals surface area contributed by atoms with Crippen LogP contribution in [0.5, 0.6) is 0 Å². The van der Waals surface area contributed by atoms with Crippen molar-refractivity contribution in [1.82, 2.24) is 10.2 Å². The van der Waals surface area contributed by atoms with Crippen LogP contribution in [0.3, 0.4) is 0 Å². The molecular formula is C22H34FN3O2. The highest BCUT2D eigenvalue weighted by molar-refractivity contribution is 5.80. The number of likely N-dealkylation sites (tertiary alicyclic amines) is 1. The number of rotatable bonds is 6. The molecule has 0 bridgehead atoms. The maximum absolute atomic E-state index is 13.5. The zero-order chi connectivity index (χ0) is 19.8. The van der Waals surface area contributed by atoms with Gasteiger partial charge in [-0.05, 0) is 63.1 Å². The number of nitrogens with zero attached hydrogens (tertiary/aromatic N) is 2. The van der Waals surface area contributed by atoms with Gasteiger partial charge >= 0.3 is 0 Å². The van der Waals surface area contributed by atoms with Gasteiger partial charge in [0.15, 0.2) is 5.96 Å². The molecule has 2 aliphatic heterocycles. The molecule has 0 amide bonds. The van der Waals surface area contributed by atoms with E-state index in [0.29, 0.717) is 18.2 Å². The summed E-state index contributed by atoms with van der Waals surface area (Å²) in [6.07, 6.45) is 6.16. The summed E-state index contributed by atoms with van der Waals surface area (Å²) in [5, 5.41) is 3.39. The topological polar surface area (TPSA) is 46.1 Å². The number of piperidine rings is 1. The summed E-state index contributed by atoms with van der Waals surface area (Å²) < 4.78 is 25.3. The van der Waals surface area contributed by atoms with E-state index in [9.17, 15) is 4.39 Å². The summed E-state index contributed by atoms with van der Waals surface area (Å²) in [5.74, 6) is 0.763. The van der Waals surface area contributed by atoms with Crippen LogP contribution < -0.4 is 5.32 Å². The van der Waals surface area contributed by atoms with Crippen LogP contribution in [0.25, 0.3) is 0 Å². The Morgan fingerprint density at radius 1 is 1.29 bits per heavy atom. The number of aliphatic imine (C=N–C) groups is 1. The number of halogens is 1. The minimum absolute atomic E-state index is 0.166. The minimum atomic E-state index is -0.166. The largest absolute Gasteiger partial charge is 0.376 e. The molecule has 28 heavy (non-hydrogen) atoms. The van der Waals surface area contributed by atoms with Gasteiger partial charge in [0, 0.05) is 26.2 Å². The van der Waals surface area contributed by atoms with Crippen molar-refractivity contribution >= 4 is 5.96 Å². The molecule has 0 spiro atoms. The van der Waals surface area contributed by atoms with E-state index in [1.165, 1.54) is 18.9 Å². The standard InChI is InChI=1S/C22H34FN3O2/c1-3-24-22(25-15-18-7-8-21(23)17(2)14-18)26-11-9-19(10-12-26)28-16-20-6-4-5-13-27-20/h7-8,14,19-20H,3-6,9-13,15-16H2,1-2H3,(H,24,25). The van der Waals surface area contributed by atoms with Gasteiger partial charge in [-0.1, -0.05) is 12.1 Å². The number of benzene rings is 1. The van der Waals surface area contributed by atoms with Gasteiger partial charge in [0.1, 0.15) is 5.82 Å². The summed E-state index contributed by atoms with van der Waals surface area (Å²) in [6, 6.07) is 5.20. The fraction of sp³-hybridized carbons (Fsp3) is 0.682. The molecule has 6 heteroatoms. The van der Waals surface area contributed by atoms with Crippen LogP contribution in [0.1, 0.15) is 50.2 Å². The van der Waals surface area contributed by atoms with E-state index in [-0.39, 0.29) is 11.9 Å². The number of nitrogens with one attached hydrogen (secondary N) is 1. The Morgan fingerprint density at radius 3 is 2.79 bits per heavy atom. The molecule has 1 atom stereocenters. The monoisotopic (exact) mass is 391 g/mol. The molecule has 0 saturated carbocycles. The lowest BCUT2D eigenvalue weighted by atomic mass is 10.1. The molecule has 2 aliphatic rings. The first-order valence-corrected chi connectivity index (χ1v) is 10.7. The molecule has 1 N–H and O–H groups in total.